The molecule has 0 unspecified atom stereocenters. The lowest BCUT2D eigenvalue weighted by Crippen LogP contribution is -2.43. The number of nitrogens with zero attached hydrogens (tertiary/aromatic N) is 2. The fraction of sp³-hybridized carbons (Fsp3) is 0.357. The lowest BCUT2D eigenvalue weighted by molar-refractivity contribution is -0.119. The molecule has 1 aliphatic rings. The van der Waals surface area contributed by atoms with Gasteiger partial charge in [-0.15, -0.1) is 0 Å². The summed E-state index contributed by atoms with van der Waals surface area (Å²) in [6.07, 6.45) is 2.06. The van der Waals surface area contributed by atoms with Gasteiger partial charge in [-0.25, -0.2) is 4.79 Å². The number of para-hydroxylation sites is 1. The van der Waals surface area contributed by atoms with E-state index in [1.54, 1.807) is 29.2 Å². The van der Waals surface area contributed by atoms with Crippen LogP contribution in [0.1, 0.15) is 18.9 Å². The van der Waals surface area contributed by atoms with Gasteiger partial charge >= 0.3 is 5.69 Å². The first-order chi connectivity index (χ1) is 9.70. The smallest absolute Gasteiger partial charge is 0.329 e. The third-order valence-electron chi connectivity index (χ3n) is 3.85. The molecule has 6 nitrogen and oxygen atoms in total. The number of aromatic amines is 1. The van der Waals surface area contributed by atoms with Gasteiger partial charge in [0.15, 0.2) is 0 Å². The van der Waals surface area contributed by atoms with Crippen LogP contribution >= 0.6 is 0 Å². The standard InChI is InChI=1S/C14H15N3O3/c18-9-16-7-5-10(6-8-16)17-13(19)11-3-1-2-4-12(11)15-14(17)20/h1-4,9-10H,5-8H2,(H,15,20). The maximum Gasteiger partial charge on any atom is 0.329 e. The van der Waals surface area contributed by atoms with Crippen LogP contribution in [0.15, 0.2) is 33.9 Å². The average molecular weight is 273 g/mol. The molecule has 20 heavy (non-hydrogen) atoms. The van der Waals surface area contributed by atoms with Gasteiger partial charge in [0.25, 0.3) is 5.56 Å². The molecule has 1 aromatic heterocycles. The zero-order chi connectivity index (χ0) is 14.1. The highest BCUT2D eigenvalue weighted by molar-refractivity contribution is 5.76. The quantitative estimate of drug-likeness (QED) is 0.809. The van der Waals surface area contributed by atoms with Gasteiger partial charge < -0.3 is 9.88 Å². The first-order valence-electron chi connectivity index (χ1n) is 6.63. The summed E-state index contributed by atoms with van der Waals surface area (Å²) in [7, 11) is 0. The van der Waals surface area contributed by atoms with Crippen LogP contribution in [0.5, 0.6) is 0 Å². The molecule has 1 amide bonds. The summed E-state index contributed by atoms with van der Waals surface area (Å²) in [5.74, 6) is 0. The fourth-order valence-electron chi connectivity index (χ4n) is 2.76. The van der Waals surface area contributed by atoms with Gasteiger partial charge in [-0.05, 0) is 25.0 Å². The second kappa shape index (κ2) is 4.96. The van der Waals surface area contributed by atoms with Crippen LogP contribution in [0, 0.1) is 0 Å². The molecule has 0 atom stereocenters. The average Bonchev–Trinajstić information content (AvgIpc) is 2.48. The van der Waals surface area contributed by atoms with Crippen molar-refractivity contribution in [2.45, 2.75) is 18.9 Å². The van der Waals surface area contributed by atoms with Crippen LogP contribution in [0.2, 0.25) is 0 Å². The Morgan fingerprint density at radius 1 is 1.15 bits per heavy atom. The monoisotopic (exact) mass is 273 g/mol. The Hall–Kier alpha value is -2.37. The number of aromatic nitrogens is 2. The van der Waals surface area contributed by atoms with Gasteiger partial charge in [-0.2, -0.15) is 0 Å². The molecule has 3 rings (SSSR count). The van der Waals surface area contributed by atoms with Crippen molar-refractivity contribution in [1.29, 1.82) is 0 Å². The summed E-state index contributed by atoms with van der Waals surface area (Å²) in [5.41, 5.74) is -0.0729. The zero-order valence-electron chi connectivity index (χ0n) is 10.9. The molecule has 0 spiro atoms. The van der Waals surface area contributed by atoms with E-state index in [1.165, 1.54) is 4.57 Å². The number of hydrogen-bond donors (Lipinski definition) is 1. The van der Waals surface area contributed by atoms with Gasteiger partial charge in [-0.3, -0.25) is 14.2 Å². The molecular formula is C14H15N3O3. The first-order valence-corrected chi connectivity index (χ1v) is 6.63. The Kier molecular flexibility index (Phi) is 3.14. The van der Waals surface area contributed by atoms with E-state index in [4.69, 9.17) is 0 Å². The van der Waals surface area contributed by atoms with Crippen molar-refractivity contribution >= 4 is 17.3 Å². The number of H-pyrrole nitrogens is 1. The third kappa shape index (κ3) is 2.03. The Balaban J connectivity index is 2.06. The number of fused-ring (bicyclic) bond motifs is 1. The van der Waals surface area contributed by atoms with Gasteiger partial charge in [0, 0.05) is 19.1 Å². The van der Waals surface area contributed by atoms with Gasteiger partial charge in [0.05, 0.1) is 10.9 Å². The minimum absolute atomic E-state index is 0.146. The molecule has 1 fully saturated rings. The number of carbonyl (C=O) groups excluding carboxylic acids is 1. The highest BCUT2D eigenvalue weighted by Gasteiger charge is 2.22. The Morgan fingerprint density at radius 2 is 1.85 bits per heavy atom. The Labute approximate surface area is 114 Å². The number of amides is 1. The molecule has 1 N–H and O–H groups in total. The van der Waals surface area contributed by atoms with Gasteiger partial charge in [0.2, 0.25) is 6.41 Å². The van der Waals surface area contributed by atoms with Gasteiger partial charge in [0.1, 0.15) is 0 Å². The molecule has 6 heteroatoms. The third-order valence-corrected chi connectivity index (χ3v) is 3.85. The molecular weight excluding hydrogens is 258 g/mol. The van der Waals surface area contributed by atoms with E-state index >= 15 is 0 Å². The van der Waals surface area contributed by atoms with E-state index in [9.17, 15) is 14.4 Å². The van der Waals surface area contributed by atoms with Crippen LogP contribution in [-0.2, 0) is 4.79 Å². The summed E-state index contributed by atoms with van der Waals surface area (Å²) in [5, 5.41) is 0.518. The summed E-state index contributed by atoms with van der Waals surface area (Å²) >= 11 is 0. The highest BCUT2D eigenvalue weighted by Crippen LogP contribution is 2.19. The number of likely N-dealkylation sites (tertiary alicyclic amines) is 1. The molecule has 0 radical (unpaired) electrons. The van der Waals surface area contributed by atoms with Crippen molar-refractivity contribution in [1.82, 2.24) is 14.5 Å². The van der Waals surface area contributed by atoms with Crippen molar-refractivity contribution in [2.24, 2.45) is 0 Å². The van der Waals surface area contributed by atoms with E-state index in [2.05, 4.69) is 4.98 Å². The van der Waals surface area contributed by atoms with Crippen LogP contribution < -0.4 is 11.2 Å². The van der Waals surface area contributed by atoms with Crippen molar-refractivity contribution in [3.8, 4) is 0 Å². The van der Waals surface area contributed by atoms with Crippen LogP contribution in [0.25, 0.3) is 10.9 Å². The number of carbonyl (C=O) groups is 1. The number of hydrogen-bond acceptors (Lipinski definition) is 3. The van der Waals surface area contributed by atoms with Crippen molar-refractivity contribution in [3.05, 3.63) is 45.1 Å². The van der Waals surface area contributed by atoms with E-state index in [-0.39, 0.29) is 17.3 Å². The van der Waals surface area contributed by atoms with Crippen molar-refractivity contribution in [3.63, 3.8) is 0 Å². The zero-order valence-corrected chi connectivity index (χ0v) is 10.9. The molecule has 2 aromatic rings. The van der Waals surface area contributed by atoms with Crippen molar-refractivity contribution < 1.29 is 4.79 Å². The largest absolute Gasteiger partial charge is 0.345 e. The molecule has 104 valence electrons. The molecule has 1 aliphatic heterocycles. The topological polar surface area (TPSA) is 75.2 Å². The molecule has 0 bridgehead atoms. The molecule has 0 saturated carbocycles. The SMILES string of the molecule is O=CN1CCC(n2c(=O)[nH]c3ccccc3c2=O)CC1. The maximum atomic E-state index is 12.5. The van der Waals surface area contributed by atoms with Crippen LogP contribution in [-0.4, -0.2) is 34.0 Å². The first kappa shape index (κ1) is 12.7. The normalized spacial score (nSPS) is 16.5. The molecule has 2 heterocycles. The lowest BCUT2D eigenvalue weighted by Gasteiger charge is -2.29. The predicted octanol–water partition coefficient (Wildman–Crippen LogP) is 0.483. The molecule has 0 aliphatic carbocycles. The van der Waals surface area contributed by atoms with E-state index in [0.29, 0.717) is 36.8 Å². The van der Waals surface area contributed by atoms with Gasteiger partial charge in [-0.1, -0.05) is 12.1 Å². The summed E-state index contributed by atoms with van der Waals surface area (Å²) in [6, 6.07) is 6.85. The van der Waals surface area contributed by atoms with Crippen LogP contribution in [0.4, 0.5) is 0 Å². The minimum atomic E-state index is -0.377. The second-order valence-electron chi connectivity index (χ2n) is 5.02. The van der Waals surface area contributed by atoms with E-state index < -0.39 is 0 Å². The van der Waals surface area contributed by atoms with E-state index in [0.717, 1.165) is 6.41 Å². The predicted molar refractivity (Wildman–Crippen MR) is 74.7 cm³/mol. The lowest BCUT2D eigenvalue weighted by atomic mass is 10.1. The minimum Gasteiger partial charge on any atom is -0.345 e. The van der Waals surface area contributed by atoms with Crippen LogP contribution in [0.3, 0.4) is 0 Å². The van der Waals surface area contributed by atoms with E-state index in [1.807, 2.05) is 0 Å². The summed E-state index contributed by atoms with van der Waals surface area (Å²) in [4.78, 5) is 39.7. The highest BCUT2D eigenvalue weighted by atomic mass is 16.2. The Bertz CT molecular complexity index is 754. The fourth-order valence-corrected chi connectivity index (χ4v) is 2.76. The summed E-state index contributed by atoms with van der Waals surface area (Å²) < 4.78 is 1.30. The maximum absolute atomic E-state index is 12.5. The molecule has 1 saturated heterocycles. The second-order valence-corrected chi connectivity index (χ2v) is 5.02. The summed E-state index contributed by atoms with van der Waals surface area (Å²) in [6.45, 7) is 1.15. The van der Waals surface area contributed by atoms with Crippen molar-refractivity contribution in [2.75, 3.05) is 13.1 Å². The number of rotatable bonds is 2. The number of piperidine rings is 1. The Morgan fingerprint density at radius 3 is 2.55 bits per heavy atom. The molecule has 1 aromatic carbocycles. The number of benzene rings is 1. The number of nitrogens with one attached hydrogen (secondary N) is 1.